The molecule has 11 heteroatoms. The molecule has 0 spiro atoms. The third kappa shape index (κ3) is 6.12. The van der Waals surface area contributed by atoms with Gasteiger partial charge < -0.3 is 21.7 Å². The average Bonchev–Trinajstić information content (AvgIpc) is 3.67. The van der Waals surface area contributed by atoms with Crippen LogP contribution in [0.4, 0.5) is 0 Å². The van der Waals surface area contributed by atoms with E-state index in [4.69, 9.17) is 11.5 Å². The van der Waals surface area contributed by atoms with E-state index in [1.807, 2.05) is 24.3 Å². The molecule has 0 aliphatic rings. The Kier molecular flexibility index (Phi) is 7.84. The van der Waals surface area contributed by atoms with E-state index < -0.39 is 23.8 Å². The minimum Gasteiger partial charge on any atom is -0.481 e. The topological polar surface area (TPSA) is 161 Å². The summed E-state index contributed by atoms with van der Waals surface area (Å²) in [5.74, 6) is -2.96. The number of carboxylic acids is 2. The van der Waals surface area contributed by atoms with Crippen LogP contribution in [0, 0.1) is 0 Å². The van der Waals surface area contributed by atoms with Crippen molar-refractivity contribution in [1.82, 2.24) is 0 Å². The SMILES string of the molecule is NC(=O)c1ccc(-c2cc(CC(=O)O)c(-c3ccc(-c4sc(-c5ccc(C(N)=O)cc5)cc4CC(=O)O)s3)s2)cc1. The van der Waals surface area contributed by atoms with Crippen LogP contribution in [-0.2, 0) is 22.4 Å². The molecule has 206 valence electrons. The fourth-order valence-corrected chi connectivity index (χ4v) is 8.00. The second kappa shape index (κ2) is 11.5. The lowest BCUT2D eigenvalue weighted by atomic mass is 10.1. The highest BCUT2D eigenvalue weighted by Crippen LogP contribution is 2.46. The number of hydrogen-bond acceptors (Lipinski definition) is 7. The molecule has 0 bridgehead atoms. The first-order chi connectivity index (χ1) is 19.6. The fraction of sp³-hybridized carbons (Fsp3) is 0.0667. The van der Waals surface area contributed by atoms with E-state index in [0.29, 0.717) is 22.3 Å². The van der Waals surface area contributed by atoms with E-state index in [1.54, 1.807) is 48.5 Å². The van der Waals surface area contributed by atoms with Crippen LogP contribution in [0.5, 0.6) is 0 Å². The Bertz CT molecular complexity index is 1670. The normalized spacial score (nSPS) is 10.9. The maximum absolute atomic E-state index is 11.7. The van der Waals surface area contributed by atoms with E-state index in [-0.39, 0.29) is 12.8 Å². The largest absolute Gasteiger partial charge is 0.481 e. The third-order valence-corrected chi connectivity index (χ3v) is 10.2. The van der Waals surface area contributed by atoms with Crippen LogP contribution in [0.3, 0.4) is 0 Å². The Hall–Kier alpha value is -4.58. The lowest BCUT2D eigenvalue weighted by molar-refractivity contribution is -0.137. The van der Waals surface area contributed by atoms with E-state index in [0.717, 1.165) is 40.4 Å². The Balaban J connectivity index is 1.53. The quantitative estimate of drug-likeness (QED) is 0.154. The molecular weight excluding hydrogens is 581 g/mol. The molecule has 0 radical (unpaired) electrons. The van der Waals surface area contributed by atoms with Crippen molar-refractivity contribution in [2.24, 2.45) is 11.5 Å². The Morgan fingerprint density at radius 2 is 0.902 bits per heavy atom. The van der Waals surface area contributed by atoms with E-state index in [9.17, 15) is 29.4 Å². The Morgan fingerprint density at radius 3 is 1.22 bits per heavy atom. The van der Waals surface area contributed by atoms with Gasteiger partial charge >= 0.3 is 11.9 Å². The van der Waals surface area contributed by atoms with Crippen LogP contribution in [0.15, 0.2) is 72.8 Å². The number of carboxylic acid groups (broad SMARTS) is 2. The molecule has 6 N–H and O–H groups in total. The molecule has 5 rings (SSSR count). The molecule has 41 heavy (non-hydrogen) atoms. The number of nitrogens with two attached hydrogens (primary N) is 2. The first-order valence-electron chi connectivity index (χ1n) is 12.2. The number of carbonyl (C=O) groups is 4. The second-order valence-corrected chi connectivity index (χ2v) is 12.3. The Labute approximate surface area is 246 Å². The molecule has 5 aromatic rings. The second-order valence-electron chi connectivity index (χ2n) is 9.12. The first kappa shape index (κ1) is 28.0. The van der Waals surface area contributed by atoms with Gasteiger partial charge in [-0.3, -0.25) is 19.2 Å². The van der Waals surface area contributed by atoms with Crippen molar-refractivity contribution in [3.63, 3.8) is 0 Å². The monoisotopic (exact) mass is 602 g/mol. The van der Waals surface area contributed by atoms with Crippen molar-refractivity contribution in [2.75, 3.05) is 0 Å². The maximum atomic E-state index is 11.7. The van der Waals surface area contributed by atoms with Gasteiger partial charge in [0.2, 0.25) is 11.8 Å². The summed E-state index contributed by atoms with van der Waals surface area (Å²) in [5, 5.41) is 19.1. The fourth-order valence-electron chi connectivity index (χ4n) is 4.33. The summed E-state index contributed by atoms with van der Waals surface area (Å²) in [4.78, 5) is 51.3. The summed E-state index contributed by atoms with van der Waals surface area (Å²) < 4.78 is 0. The zero-order valence-corrected chi connectivity index (χ0v) is 23.7. The van der Waals surface area contributed by atoms with Gasteiger partial charge in [0.25, 0.3) is 0 Å². The van der Waals surface area contributed by atoms with Crippen LogP contribution in [-0.4, -0.2) is 34.0 Å². The van der Waals surface area contributed by atoms with Gasteiger partial charge in [-0.2, -0.15) is 0 Å². The van der Waals surface area contributed by atoms with Crippen LogP contribution in [0.2, 0.25) is 0 Å². The zero-order valence-electron chi connectivity index (χ0n) is 21.2. The van der Waals surface area contributed by atoms with Crippen molar-refractivity contribution in [3.8, 4) is 40.4 Å². The molecule has 0 saturated heterocycles. The van der Waals surface area contributed by atoms with Gasteiger partial charge in [0.05, 0.1) is 12.8 Å². The zero-order chi connectivity index (χ0) is 29.3. The van der Waals surface area contributed by atoms with Gasteiger partial charge in [-0.1, -0.05) is 24.3 Å². The average molecular weight is 603 g/mol. The number of primary amides is 2. The predicted octanol–water partition coefficient (Wildman–Crippen LogP) is 5.99. The maximum Gasteiger partial charge on any atom is 0.307 e. The van der Waals surface area contributed by atoms with Gasteiger partial charge in [-0.15, -0.1) is 34.0 Å². The van der Waals surface area contributed by atoms with E-state index in [2.05, 4.69) is 0 Å². The number of hydrogen-bond donors (Lipinski definition) is 4. The highest BCUT2D eigenvalue weighted by molar-refractivity contribution is 7.28. The number of amides is 2. The molecule has 3 heterocycles. The van der Waals surface area contributed by atoms with Crippen molar-refractivity contribution < 1.29 is 29.4 Å². The van der Waals surface area contributed by atoms with Gasteiger partial charge in [-0.05, 0) is 70.8 Å². The van der Waals surface area contributed by atoms with Gasteiger partial charge in [0, 0.05) is 40.4 Å². The lowest BCUT2D eigenvalue weighted by Gasteiger charge is -2.00. The molecule has 0 fully saturated rings. The number of rotatable bonds is 10. The summed E-state index contributed by atoms with van der Waals surface area (Å²) in [6.45, 7) is 0. The van der Waals surface area contributed by atoms with E-state index >= 15 is 0 Å². The van der Waals surface area contributed by atoms with Crippen LogP contribution < -0.4 is 11.5 Å². The summed E-state index contributed by atoms with van der Waals surface area (Å²) in [6, 6.07) is 21.2. The van der Waals surface area contributed by atoms with Crippen molar-refractivity contribution in [2.45, 2.75) is 12.8 Å². The summed E-state index contributed by atoms with van der Waals surface area (Å²) in [7, 11) is 0. The summed E-state index contributed by atoms with van der Waals surface area (Å²) in [5.41, 5.74) is 14.5. The highest BCUT2D eigenvalue weighted by atomic mass is 32.1. The smallest absolute Gasteiger partial charge is 0.307 e. The molecule has 2 amide bonds. The van der Waals surface area contributed by atoms with Crippen LogP contribution >= 0.6 is 34.0 Å². The molecule has 0 saturated carbocycles. The lowest BCUT2D eigenvalue weighted by Crippen LogP contribution is -2.10. The molecule has 2 aromatic carbocycles. The van der Waals surface area contributed by atoms with Gasteiger partial charge in [0.1, 0.15) is 0 Å². The van der Waals surface area contributed by atoms with Crippen LogP contribution in [0.1, 0.15) is 31.8 Å². The Morgan fingerprint density at radius 1 is 0.537 bits per heavy atom. The molecule has 0 unspecified atom stereocenters. The highest BCUT2D eigenvalue weighted by Gasteiger charge is 2.20. The number of carbonyl (C=O) groups excluding carboxylic acids is 2. The van der Waals surface area contributed by atoms with Crippen molar-refractivity contribution >= 4 is 57.8 Å². The minimum absolute atomic E-state index is 0.160. The van der Waals surface area contributed by atoms with Gasteiger partial charge in [0.15, 0.2) is 0 Å². The summed E-state index contributed by atoms with van der Waals surface area (Å²) in [6.07, 6.45) is -0.319. The van der Waals surface area contributed by atoms with Gasteiger partial charge in [-0.25, -0.2) is 0 Å². The minimum atomic E-state index is -0.953. The number of benzene rings is 2. The summed E-state index contributed by atoms with van der Waals surface area (Å²) >= 11 is 4.37. The third-order valence-electron chi connectivity index (χ3n) is 6.26. The molecule has 0 aliphatic carbocycles. The number of thiophene rings is 3. The van der Waals surface area contributed by atoms with E-state index in [1.165, 1.54) is 34.0 Å². The van der Waals surface area contributed by atoms with Crippen molar-refractivity contribution in [1.29, 1.82) is 0 Å². The predicted molar refractivity (Wildman–Crippen MR) is 162 cm³/mol. The first-order valence-corrected chi connectivity index (χ1v) is 14.6. The molecule has 3 aromatic heterocycles. The molecular formula is C30H22N2O6S3. The van der Waals surface area contributed by atoms with Crippen LogP contribution in [0.25, 0.3) is 40.4 Å². The molecule has 0 aliphatic heterocycles. The van der Waals surface area contributed by atoms with Crippen molar-refractivity contribution in [3.05, 3.63) is 95.1 Å². The molecule has 8 nitrogen and oxygen atoms in total. The number of aliphatic carboxylic acids is 2. The standard InChI is InChI=1S/C30H22N2O6S3/c31-29(37)17-5-1-15(2-6-17)23-11-19(13-25(33)34)27(40-23)21-9-10-22(39-21)28-20(14-26(35)36)12-24(41-28)16-3-7-18(8-4-16)30(32)38/h1-12H,13-14H2,(H2,31,37)(H2,32,38)(H,33,34)(H,35,36). The molecule has 0 atom stereocenters.